The van der Waals surface area contributed by atoms with Crippen molar-refractivity contribution in [1.82, 2.24) is 5.32 Å². The molecule has 122 valence electrons. The first kappa shape index (κ1) is 19.0. The van der Waals surface area contributed by atoms with E-state index in [1.807, 2.05) is 13.8 Å². The summed E-state index contributed by atoms with van der Waals surface area (Å²) in [6.45, 7) is 4.10. The van der Waals surface area contributed by atoms with Crippen molar-refractivity contribution in [2.24, 2.45) is 0 Å². The highest BCUT2D eigenvalue weighted by Gasteiger charge is 2.16. The zero-order valence-electron chi connectivity index (χ0n) is 12.6. The number of rotatable bonds is 6. The minimum Gasteiger partial charge on any atom is -0.349 e. The van der Waals surface area contributed by atoms with Gasteiger partial charge in [-0.25, -0.2) is 0 Å². The molecule has 1 rings (SSSR count). The molecular weight excluding hydrogens is 349 g/mol. The molecule has 0 aliphatic heterocycles. The van der Waals surface area contributed by atoms with Crippen molar-refractivity contribution in [2.75, 3.05) is 25.5 Å². The summed E-state index contributed by atoms with van der Waals surface area (Å²) in [6.07, 6.45) is 0. The maximum atomic E-state index is 12.0. The fourth-order valence-electron chi connectivity index (χ4n) is 1.80. The van der Waals surface area contributed by atoms with Crippen LogP contribution < -0.4 is 15.5 Å². The van der Waals surface area contributed by atoms with Gasteiger partial charge in [0.15, 0.2) is 13.1 Å². The molecule has 0 heterocycles. The Morgan fingerprint density at radius 3 is 2.18 bits per heavy atom. The SMILES string of the molecule is CC(C)NC(=O)C[NH+](C)CC(=O)Nc1cc(Cl)c(Cl)cc1Cl. The average molecular weight is 368 g/mol. The highest BCUT2D eigenvalue weighted by molar-refractivity contribution is 6.44. The second-order valence-corrected chi connectivity index (χ2v) is 6.55. The Kier molecular flexibility index (Phi) is 7.42. The van der Waals surface area contributed by atoms with Crippen molar-refractivity contribution in [3.05, 3.63) is 27.2 Å². The van der Waals surface area contributed by atoms with E-state index >= 15 is 0 Å². The number of hydrogen-bond acceptors (Lipinski definition) is 2. The van der Waals surface area contributed by atoms with E-state index in [1.165, 1.54) is 12.1 Å². The molecule has 0 aliphatic carbocycles. The van der Waals surface area contributed by atoms with Crippen LogP contribution in [0.3, 0.4) is 0 Å². The molecule has 0 aliphatic rings. The zero-order chi connectivity index (χ0) is 16.9. The third kappa shape index (κ3) is 6.40. The minimum absolute atomic E-state index is 0.0733. The van der Waals surface area contributed by atoms with Crippen molar-refractivity contribution in [3.63, 3.8) is 0 Å². The predicted molar refractivity (Wildman–Crippen MR) is 90.0 cm³/mol. The van der Waals surface area contributed by atoms with E-state index in [0.29, 0.717) is 20.8 Å². The summed E-state index contributed by atoms with van der Waals surface area (Å²) in [6, 6.07) is 3.03. The average Bonchev–Trinajstić information content (AvgIpc) is 2.34. The Morgan fingerprint density at radius 1 is 1.05 bits per heavy atom. The smallest absolute Gasteiger partial charge is 0.279 e. The van der Waals surface area contributed by atoms with Gasteiger partial charge in [0.2, 0.25) is 0 Å². The maximum Gasteiger partial charge on any atom is 0.279 e. The highest BCUT2D eigenvalue weighted by Crippen LogP contribution is 2.32. The largest absolute Gasteiger partial charge is 0.349 e. The van der Waals surface area contributed by atoms with Crippen molar-refractivity contribution >= 4 is 52.3 Å². The maximum absolute atomic E-state index is 12.0. The number of amides is 2. The van der Waals surface area contributed by atoms with Gasteiger partial charge in [-0.05, 0) is 26.0 Å². The van der Waals surface area contributed by atoms with Gasteiger partial charge in [0.05, 0.1) is 27.8 Å². The normalized spacial score (nSPS) is 12.1. The van der Waals surface area contributed by atoms with Crippen LogP contribution in [0.4, 0.5) is 5.69 Å². The van der Waals surface area contributed by atoms with Crippen LogP contribution in [0.1, 0.15) is 13.8 Å². The van der Waals surface area contributed by atoms with Crippen molar-refractivity contribution in [3.8, 4) is 0 Å². The third-order valence-electron chi connectivity index (χ3n) is 2.66. The number of benzene rings is 1. The molecule has 5 nitrogen and oxygen atoms in total. The van der Waals surface area contributed by atoms with Crippen LogP contribution in [-0.4, -0.2) is 38.0 Å². The summed E-state index contributed by atoms with van der Waals surface area (Å²) in [5.74, 6) is -0.372. The molecule has 8 heteroatoms. The Balaban J connectivity index is 2.56. The molecule has 0 aromatic heterocycles. The van der Waals surface area contributed by atoms with Gasteiger partial charge >= 0.3 is 0 Å². The molecule has 22 heavy (non-hydrogen) atoms. The van der Waals surface area contributed by atoms with Crippen molar-refractivity contribution < 1.29 is 14.5 Å². The number of halogens is 3. The molecule has 3 N–H and O–H groups in total. The van der Waals surface area contributed by atoms with Crippen LogP contribution in [-0.2, 0) is 9.59 Å². The lowest BCUT2D eigenvalue weighted by Crippen LogP contribution is -3.11. The van der Waals surface area contributed by atoms with Crippen LogP contribution in [0.15, 0.2) is 12.1 Å². The van der Waals surface area contributed by atoms with E-state index in [-0.39, 0.29) is 30.9 Å². The highest BCUT2D eigenvalue weighted by atomic mass is 35.5. The summed E-state index contributed by atoms with van der Waals surface area (Å²) < 4.78 is 0. The Bertz CT molecular complexity index is 565. The molecule has 0 radical (unpaired) electrons. The lowest BCUT2D eigenvalue weighted by molar-refractivity contribution is -0.862. The molecule has 2 amide bonds. The molecule has 0 saturated carbocycles. The number of nitrogens with one attached hydrogen (secondary N) is 3. The fourth-order valence-corrected chi connectivity index (χ4v) is 2.39. The van der Waals surface area contributed by atoms with E-state index in [4.69, 9.17) is 34.8 Å². The van der Waals surface area contributed by atoms with E-state index in [0.717, 1.165) is 4.90 Å². The second-order valence-electron chi connectivity index (χ2n) is 5.33. The lowest BCUT2D eigenvalue weighted by atomic mass is 10.3. The minimum atomic E-state index is -0.268. The first-order valence-corrected chi connectivity index (χ1v) is 7.87. The molecule has 0 fully saturated rings. The van der Waals surface area contributed by atoms with Crippen LogP contribution >= 0.6 is 34.8 Å². The second kappa shape index (κ2) is 8.58. The molecule has 1 atom stereocenters. The van der Waals surface area contributed by atoms with E-state index < -0.39 is 0 Å². The summed E-state index contributed by atoms with van der Waals surface area (Å²) in [4.78, 5) is 24.4. The predicted octanol–water partition coefficient (Wildman–Crippen LogP) is 1.62. The summed E-state index contributed by atoms with van der Waals surface area (Å²) >= 11 is 17.7. The number of quaternary nitrogens is 1. The van der Waals surface area contributed by atoms with Gasteiger partial charge in [-0.2, -0.15) is 0 Å². The third-order valence-corrected chi connectivity index (χ3v) is 3.69. The molecule has 1 aromatic rings. The van der Waals surface area contributed by atoms with Crippen molar-refractivity contribution in [1.29, 1.82) is 0 Å². The van der Waals surface area contributed by atoms with Crippen LogP contribution in [0.5, 0.6) is 0 Å². The number of carbonyl (C=O) groups excluding carboxylic acids is 2. The molecule has 1 aromatic carbocycles. The quantitative estimate of drug-likeness (QED) is 0.669. The monoisotopic (exact) mass is 366 g/mol. The Labute approximate surface area is 144 Å². The van der Waals surface area contributed by atoms with E-state index in [1.54, 1.807) is 7.05 Å². The number of hydrogen-bond donors (Lipinski definition) is 3. The fraction of sp³-hybridized carbons (Fsp3) is 0.429. The summed E-state index contributed by atoms with van der Waals surface area (Å²) in [7, 11) is 1.76. The molecule has 1 unspecified atom stereocenters. The topological polar surface area (TPSA) is 62.6 Å². The van der Waals surface area contributed by atoms with E-state index in [2.05, 4.69) is 10.6 Å². The number of anilines is 1. The number of carbonyl (C=O) groups is 2. The first-order valence-electron chi connectivity index (χ1n) is 6.74. The summed E-state index contributed by atoms with van der Waals surface area (Å²) in [5, 5.41) is 6.36. The zero-order valence-corrected chi connectivity index (χ0v) is 14.9. The summed E-state index contributed by atoms with van der Waals surface area (Å²) in [5.41, 5.74) is 0.389. The lowest BCUT2D eigenvalue weighted by Gasteiger charge is -2.15. The van der Waals surface area contributed by atoms with Gasteiger partial charge in [-0.15, -0.1) is 0 Å². The van der Waals surface area contributed by atoms with Crippen molar-refractivity contribution in [2.45, 2.75) is 19.9 Å². The van der Waals surface area contributed by atoms with Gasteiger partial charge in [-0.1, -0.05) is 34.8 Å². The molecule has 0 saturated heterocycles. The van der Waals surface area contributed by atoms with Crippen LogP contribution in [0.2, 0.25) is 15.1 Å². The molecule has 0 spiro atoms. The molecular formula is C14H19Cl3N3O2+. The Morgan fingerprint density at radius 2 is 1.59 bits per heavy atom. The van der Waals surface area contributed by atoms with Gasteiger partial charge < -0.3 is 15.5 Å². The standard InChI is InChI=1S/C14H18Cl3N3O2/c1-8(2)18-13(21)6-20(3)7-14(22)19-12-5-10(16)9(15)4-11(12)17/h4-5,8H,6-7H2,1-3H3,(H,18,21)(H,19,22)/p+1. The van der Waals surface area contributed by atoms with E-state index in [9.17, 15) is 9.59 Å². The van der Waals surface area contributed by atoms with Crippen LogP contribution in [0.25, 0.3) is 0 Å². The van der Waals surface area contributed by atoms with Gasteiger partial charge in [0, 0.05) is 6.04 Å². The van der Waals surface area contributed by atoms with Gasteiger partial charge in [0.25, 0.3) is 11.8 Å². The first-order chi connectivity index (χ1) is 10.2. The van der Waals surface area contributed by atoms with Crippen LogP contribution in [0, 0.1) is 0 Å². The van der Waals surface area contributed by atoms with Gasteiger partial charge in [0.1, 0.15) is 0 Å². The van der Waals surface area contributed by atoms with Gasteiger partial charge in [-0.3, -0.25) is 9.59 Å². The Hall–Kier alpha value is -1.01. The molecule has 0 bridgehead atoms. The number of likely N-dealkylation sites (N-methyl/N-ethyl adjacent to an activating group) is 1.